The molecule has 1 fully saturated rings. The maximum Gasteiger partial charge on any atom is 0.328 e. The van der Waals surface area contributed by atoms with Crippen LogP contribution in [0.25, 0.3) is 0 Å². The highest BCUT2D eigenvalue weighted by Crippen LogP contribution is 2.27. The third-order valence-electron chi connectivity index (χ3n) is 2.74. The molecule has 1 amide bonds. The van der Waals surface area contributed by atoms with Gasteiger partial charge in [0.2, 0.25) is 5.91 Å². The van der Waals surface area contributed by atoms with Gasteiger partial charge in [-0.2, -0.15) is 0 Å². The molecular weight excluding hydrogens is 201 g/mol. The Balaban J connectivity index is 2.30. The normalized spacial score (nSPS) is 18.7. The first kappa shape index (κ1) is 11.9. The molecule has 0 spiro atoms. The Morgan fingerprint density at radius 1 is 1.40 bits per heavy atom. The van der Waals surface area contributed by atoms with E-state index >= 15 is 0 Å². The minimum Gasteiger partial charge on any atom is -0.480 e. The van der Waals surface area contributed by atoms with Crippen molar-refractivity contribution >= 4 is 11.9 Å². The summed E-state index contributed by atoms with van der Waals surface area (Å²) in [5, 5.41) is 10.7. The second kappa shape index (κ2) is 5.68. The van der Waals surface area contributed by atoms with Crippen LogP contribution in [0.4, 0.5) is 4.39 Å². The minimum atomic E-state index is -1.39. The smallest absolute Gasteiger partial charge is 0.328 e. The Hall–Kier alpha value is -1.13. The summed E-state index contributed by atoms with van der Waals surface area (Å²) in [4.78, 5) is 21.8. The van der Waals surface area contributed by atoms with E-state index in [1.54, 1.807) is 0 Å². The van der Waals surface area contributed by atoms with Gasteiger partial charge in [0.15, 0.2) is 6.04 Å². The fourth-order valence-electron chi connectivity index (χ4n) is 1.90. The molecular formula is C10H16FNO3. The Morgan fingerprint density at radius 2 is 2.00 bits per heavy atom. The highest BCUT2D eigenvalue weighted by molar-refractivity contribution is 5.83. The average Bonchev–Trinajstić information content (AvgIpc) is 2.66. The Bertz CT molecular complexity index is 239. The number of amides is 1. The number of carboxylic acids is 1. The summed E-state index contributed by atoms with van der Waals surface area (Å²) in [6.07, 6.45) is 4.61. The van der Waals surface area contributed by atoms with E-state index in [0.717, 1.165) is 25.7 Å². The maximum atomic E-state index is 12.2. The number of halogens is 1. The van der Waals surface area contributed by atoms with Gasteiger partial charge < -0.3 is 10.4 Å². The molecule has 0 aliphatic heterocycles. The van der Waals surface area contributed by atoms with Crippen molar-refractivity contribution in [2.45, 2.75) is 38.1 Å². The summed E-state index contributed by atoms with van der Waals surface area (Å²) in [6, 6.07) is -1.39. The van der Waals surface area contributed by atoms with Gasteiger partial charge in [-0.3, -0.25) is 4.79 Å². The molecule has 0 aromatic carbocycles. The molecule has 0 saturated heterocycles. The maximum absolute atomic E-state index is 12.2. The van der Waals surface area contributed by atoms with Gasteiger partial charge in [-0.25, -0.2) is 9.18 Å². The van der Waals surface area contributed by atoms with E-state index in [1.165, 1.54) is 0 Å². The number of hydrogen-bond acceptors (Lipinski definition) is 2. The van der Waals surface area contributed by atoms with Crippen molar-refractivity contribution in [1.29, 1.82) is 0 Å². The summed E-state index contributed by atoms with van der Waals surface area (Å²) in [5.74, 6) is -1.33. The fourth-order valence-corrected chi connectivity index (χ4v) is 1.90. The van der Waals surface area contributed by atoms with Crippen LogP contribution in [-0.4, -0.2) is 29.7 Å². The van der Waals surface area contributed by atoms with Gasteiger partial charge >= 0.3 is 5.97 Å². The van der Waals surface area contributed by atoms with Gasteiger partial charge in [0.25, 0.3) is 0 Å². The lowest BCUT2D eigenvalue weighted by Gasteiger charge is -2.13. The molecule has 1 aliphatic rings. The summed E-state index contributed by atoms with van der Waals surface area (Å²) < 4.78 is 12.2. The van der Waals surface area contributed by atoms with E-state index in [9.17, 15) is 14.0 Å². The highest BCUT2D eigenvalue weighted by atomic mass is 19.1. The number of carbonyl (C=O) groups excluding carboxylic acids is 1. The van der Waals surface area contributed by atoms with Crippen LogP contribution in [0.3, 0.4) is 0 Å². The standard InChI is InChI=1S/C10H16FNO3/c11-6-8(10(14)15)12-9(13)5-7-3-1-2-4-7/h7-8H,1-6H2,(H,12,13)(H,14,15). The minimum absolute atomic E-state index is 0.323. The molecule has 1 aliphatic carbocycles. The SMILES string of the molecule is O=C(CC1CCCC1)NC(CF)C(=O)O. The van der Waals surface area contributed by atoms with Gasteiger partial charge in [0, 0.05) is 6.42 Å². The number of aliphatic carboxylic acids is 1. The number of carbonyl (C=O) groups is 2. The third-order valence-corrected chi connectivity index (χ3v) is 2.74. The van der Waals surface area contributed by atoms with Crippen LogP contribution in [0.5, 0.6) is 0 Å². The number of hydrogen-bond donors (Lipinski definition) is 2. The van der Waals surface area contributed by atoms with Crippen LogP contribution in [0, 0.1) is 5.92 Å². The molecule has 0 radical (unpaired) electrons. The zero-order valence-electron chi connectivity index (χ0n) is 8.54. The van der Waals surface area contributed by atoms with Crippen molar-refractivity contribution in [2.24, 2.45) is 5.92 Å². The molecule has 1 unspecified atom stereocenters. The van der Waals surface area contributed by atoms with Gasteiger partial charge in [-0.1, -0.05) is 12.8 Å². The molecule has 1 atom stereocenters. The average molecular weight is 217 g/mol. The second-order valence-electron chi connectivity index (χ2n) is 3.97. The quantitative estimate of drug-likeness (QED) is 0.724. The zero-order valence-corrected chi connectivity index (χ0v) is 8.54. The Labute approximate surface area is 87.9 Å². The molecule has 86 valence electrons. The van der Waals surface area contributed by atoms with Gasteiger partial charge in [0.05, 0.1) is 0 Å². The molecule has 5 heteroatoms. The summed E-state index contributed by atoms with van der Waals surface area (Å²) in [6.45, 7) is -1.06. The fraction of sp³-hybridized carbons (Fsp3) is 0.800. The van der Waals surface area contributed by atoms with Crippen LogP contribution >= 0.6 is 0 Å². The lowest BCUT2D eigenvalue weighted by atomic mass is 10.0. The van der Waals surface area contributed by atoms with E-state index in [0.29, 0.717) is 12.3 Å². The first-order chi connectivity index (χ1) is 7.13. The van der Waals surface area contributed by atoms with Crippen LogP contribution in [0.15, 0.2) is 0 Å². The van der Waals surface area contributed by atoms with E-state index < -0.39 is 18.7 Å². The van der Waals surface area contributed by atoms with Crippen molar-refractivity contribution in [3.05, 3.63) is 0 Å². The zero-order chi connectivity index (χ0) is 11.3. The highest BCUT2D eigenvalue weighted by Gasteiger charge is 2.23. The Morgan fingerprint density at radius 3 is 2.47 bits per heavy atom. The lowest BCUT2D eigenvalue weighted by Crippen LogP contribution is -2.42. The van der Waals surface area contributed by atoms with Crippen LogP contribution in [-0.2, 0) is 9.59 Å². The van der Waals surface area contributed by atoms with Crippen molar-refractivity contribution in [3.8, 4) is 0 Å². The monoisotopic (exact) mass is 217 g/mol. The van der Waals surface area contributed by atoms with E-state index in [4.69, 9.17) is 5.11 Å². The first-order valence-electron chi connectivity index (χ1n) is 5.21. The lowest BCUT2D eigenvalue weighted by molar-refractivity contribution is -0.142. The summed E-state index contributed by atoms with van der Waals surface area (Å²) in [5.41, 5.74) is 0. The van der Waals surface area contributed by atoms with Crippen LogP contribution in [0.1, 0.15) is 32.1 Å². The molecule has 0 aromatic heterocycles. The van der Waals surface area contributed by atoms with Crippen molar-refractivity contribution in [2.75, 3.05) is 6.67 Å². The molecule has 1 rings (SSSR count). The van der Waals surface area contributed by atoms with E-state index in [1.807, 2.05) is 0 Å². The topological polar surface area (TPSA) is 66.4 Å². The molecule has 0 bridgehead atoms. The Kier molecular flexibility index (Phi) is 4.52. The van der Waals surface area contributed by atoms with Gasteiger partial charge in [-0.05, 0) is 18.8 Å². The van der Waals surface area contributed by atoms with Crippen LogP contribution in [0.2, 0.25) is 0 Å². The van der Waals surface area contributed by atoms with Crippen molar-refractivity contribution < 1.29 is 19.1 Å². The number of nitrogens with one attached hydrogen (secondary N) is 1. The predicted molar refractivity (Wildman–Crippen MR) is 52.1 cm³/mol. The molecule has 15 heavy (non-hydrogen) atoms. The predicted octanol–water partition coefficient (Wildman–Crippen LogP) is 1.11. The first-order valence-corrected chi connectivity index (χ1v) is 5.21. The number of rotatable bonds is 5. The summed E-state index contributed by atoms with van der Waals surface area (Å²) in [7, 11) is 0. The van der Waals surface area contributed by atoms with Crippen LogP contribution < -0.4 is 5.32 Å². The summed E-state index contributed by atoms with van der Waals surface area (Å²) >= 11 is 0. The second-order valence-corrected chi connectivity index (χ2v) is 3.97. The third kappa shape index (κ3) is 3.85. The molecule has 0 heterocycles. The van der Waals surface area contributed by atoms with Crippen molar-refractivity contribution in [3.63, 3.8) is 0 Å². The van der Waals surface area contributed by atoms with Crippen molar-refractivity contribution in [1.82, 2.24) is 5.32 Å². The largest absolute Gasteiger partial charge is 0.480 e. The molecule has 4 nitrogen and oxygen atoms in total. The molecule has 0 aromatic rings. The number of carboxylic acid groups (broad SMARTS) is 1. The van der Waals surface area contributed by atoms with Gasteiger partial charge in [-0.15, -0.1) is 0 Å². The molecule has 1 saturated carbocycles. The molecule has 2 N–H and O–H groups in total. The number of alkyl halides is 1. The van der Waals surface area contributed by atoms with Gasteiger partial charge in [0.1, 0.15) is 6.67 Å². The van der Waals surface area contributed by atoms with E-state index in [-0.39, 0.29) is 5.91 Å². The van der Waals surface area contributed by atoms with E-state index in [2.05, 4.69) is 5.32 Å².